The molecule has 104 valence electrons. The maximum Gasteiger partial charge on any atom is 0.328 e. The van der Waals surface area contributed by atoms with Gasteiger partial charge in [0.1, 0.15) is 6.04 Å². The number of hydrogen-bond donors (Lipinski definition) is 1. The molecule has 1 amide bonds. The molecule has 1 aromatic rings. The van der Waals surface area contributed by atoms with Crippen LogP contribution in [0.1, 0.15) is 26.0 Å². The van der Waals surface area contributed by atoms with Crippen LogP contribution in [0.5, 0.6) is 0 Å². The maximum atomic E-state index is 11.9. The van der Waals surface area contributed by atoms with Gasteiger partial charge in [-0.25, -0.2) is 4.79 Å². The Morgan fingerprint density at radius 2 is 2.11 bits per heavy atom. The van der Waals surface area contributed by atoms with Crippen LogP contribution in [0.25, 0.3) is 0 Å². The number of ether oxygens (including phenoxy) is 1. The Balaban J connectivity index is 2.58. The van der Waals surface area contributed by atoms with E-state index in [0.717, 1.165) is 0 Å². The lowest BCUT2D eigenvalue weighted by atomic mass is 10.0. The molecule has 1 rings (SSSR count). The van der Waals surface area contributed by atoms with Crippen LogP contribution in [-0.2, 0) is 20.7 Å². The number of carbonyl (C=O) groups excluding carboxylic acids is 2. The molecule has 19 heavy (non-hydrogen) atoms. The van der Waals surface area contributed by atoms with E-state index in [1.807, 2.05) is 19.9 Å². The second-order valence-corrected chi connectivity index (χ2v) is 4.77. The third-order valence-electron chi connectivity index (χ3n) is 2.60. The molecule has 0 fully saturated rings. The fraction of sp³-hybridized carbons (Fsp3) is 0.500. The van der Waals surface area contributed by atoms with Gasteiger partial charge in [-0.15, -0.1) is 0 Å². The molecule has 0 unspecified atom stereocenters. The van der Waals surface area contributed by atoms with Crippen LogP contribution in [0.2, 0.25) is 0 Å². The average molecular weight is 264 g/mol. The summed E-state index contributed by atoms with van der Waals surface area (Å²) >= 11 is 0. The summed E-state index contributed by atoms with van der Waals surface area (Å²) in [5.74, 6) is -0.350. The number of hydrogen-bond acceptors (Lipinski definition) is 4. The molecule has 1 heterocycles. The minimum atomic E-state index is -0.596. The molecule has 0 bridgehead atoms. The van der Waals surface area contributed by atoms with Gasteiger partial charge in [0.2, 0.25) is 5.91 Å². The van der Waals surface area contributed by atoms with Crippen molar-refractivity contribution in [2.45, 2.75) is 32.7 Å². The van der Waals surface area contributed by atoms with Gasteiger partial charge < -0.3 is 10.1 Å². The van der Waals surface area contributed by atoms with Crippen molar-refractivity contribution in [3.8, 4) is 0 Å². The molecular weight excluding hydrogens is 244 g/mol. The average Bonchev–Trinajstić information content (AvgIpc) is 2.37. The fourth-order valence-electron chi connectivity index (χ4n) is 1.74. The third kappa shape index (κ3) is 5.50. The van der Waals surface area contributed by atoms with Crippen molar-refractivity contribution < 1.29 is 14.3 Å². The Morgan fingerprint density at radius 3 is 2.63 bits per heavy atom. The molecule has 0 spiro atoms. The zero-order chi connectivity index (χ0) is 14.3. The van der Waals surface area contributed by atoms with E-state index in [-0.39, 0.29) is 12.3 Å². The van der Waals surface area contributed by atoms with E-state index in [1.165, 1.54) is 7.11 Å². The first-order valence-corrected chi connectivity index (χ1v) is 6.30. The highest BCUT2D eigenvalue weighted by Crippen LogP contribution is 2.06. The molecule has 1 atom stereocenters. The van der Waals surface area contributed by atoms with Gasteiger partial charge in [0.05, 0.1) is 13.5 Å². The largest absolute Gasteiger partial charge is 0.467 e. The van der Waals surface area contributed by atoms with Gasteiger partial charge >= 0.3 is 5.97 Å². The number of aromatic nitrogens is 1. The summed E-state index contributed by atoms with van der Waals surface area (Å²) in [5.41, 5.74) is 0.674. The standard InChI is InChI=1S/C14H20N2O3/c1-10(2)8-12(14(18)19-3)16-13(17)9-11-6-4-5-7-15-11/h4-7,10,12H,8-9H2,1-3H3,(H,16,17)/t12-/m0/s1. The van der Waals surface area contributed by atoms with Crippen LogP contribution in [0.3, 0.4) is 0 Å². The molecular formula is C14H20N2O3. The lowest BCUT2D eigenvalue weighted by Crippen LogP contribution is -2.43. The Kier molecular flexibility index (Phi) is 5.99. The predicted molar refractivity (Wildman–Crippen MR) is 71.3 cm³/mol. The van der Waals surface area contributed by atoms with E-state index < -0.39 is 12.0 Å². The lowest BCUT2D eigenvalue weighted by molar-refractivity contribution is -0.145. The van der Waals surface area contributed by atoms with E-state index in [4.69, 9.17) is 4.74 Å². The molecule has 1 N–H and O–H groups in total. The van der Waals surface area contributed by atoms with Crippen molar-refractivity contribution in [3.05, 3.63) is 30.1 Å². The summed E-state index contributed by atoms with van der Waals surface area (Å²) in [6.45, 7) is 3.97. The van der Waals surface area contributed by atoms with E-state index in [2.05, 4.69) is 10.3 Å². The Bertz CT molecular complexity index is 418. The summed E-state index contributed by atoms with van der Waals surface area (Å²) in [6.07, 6.45) is 2.35. The molecule has 0 saturated heterocycles. The van der Waals surface area contributed by atoms with Crippen LogP contribution in [0.15, 0.2) is 24.4 Å². The van der Waals surface area contributed by atoms with E-state index in [9.17, 15) is 9.59 Å². The van der Waals surface area contributed by atoms with E-state index >= 15 is 0 Å². The summed E-state index contributed by atoms with van der Waals surface area (Å²) in [7, 11) is 1.32. The van der Waals surface area contributed by atoms with Crippen molar-refractivity contribution in [3.63, 3.8) is 0 Å². The number of nitrogens with one attached hydrogen (secondary N) is 1. The highest BCUT2D eigenvalue weighted by atomic mass is 16.5. The maximum absolute atomic E-state index is 11.9. The molecule has 5 heteroatoms. The summed E-state index contributed by atoms with van der Waals surface area (Å²) in [6, 6.07) is 4.79. The molecule has 0 aliphatic carbocycles. The van der Waals surface area contributed by atoms with Crippen LogP contribution in [0.4, 0.5) is 0 Å². The zero-order valence-corrected chi connectivity index (χ0v) is 11.6. The highest BCUT2D eigenvalue weighted by Gasteiger charge is 2.22. The number of carbonyl (C=O) groups is 2. The van der Waals surface area contributed by atoms with Gasteiger partial charge in [-0.05, 0) is 24.5 Å². The molecule has 0 aromatic carbocycles. The quantitative estimate of drug-likeness (QED) is 0.787. The second kappa shape index (κ2) is 7.51. The van der Waals surface area contributed by atoms with E-state index in [1.54, 1.807) is 18.3 Å². The van der Waals surface area contributed by atoms with Gasteiger partial charge in [0.15, 0.2) is 0 Å². The van der Waals surface area contributed by atoms with Crippen molar-refractivity contribution in [2.24, 2.45) is 5.92 Å². The minimum Gasteiger partial charge on any atom is -0.467 e. The summed E-state index contributed by atoms with van der Waals surface area (Å²) < 4.78 is 4.70. The molecule has 0 radical (unpaired) electrons. The number of nitrogens with zero attached hydrogens (tertiary/aromatic N) is 1. The monoisotopic (exact) mass is 264 g/mol. The van der Waals surface area contributed by atoms with Crippen LogP contribution >= 0.6 is 0 Å². The molecule has 0 saturated carbocycles. The van der Waals surface area contributed by atoms with Gasteiger partial charge in [0, 0.05) is 11.9 Å². The first kappa shape index (κ1) is 15.1. The summed E-state index contributed by atoms with van der Waals surface area (Å²) in [4.78, 5) is 27.5. The Hall–Kier alpha value is -1.91. The molecule has 1 aromatic heterocycles. The number of pyridine rings is 1. The predicted octanol–water partition coefficient (Wildman–Crippen LogP) is 1.33. The number of rotatable bonds is 6. The second-order valence-electron chi connectivity index (χ2n) is 4.77. The zero-order valence-electron chi connectivity index (χ0n) is 11.6. The Labute approximate surface area is 113 Å². The van der Waals surface area contributed by atoms with Crippen molar-refractivity contribution in [1.82, 2.24) is 10.3 Å². The third-order valence-corrected chi connectivity index (χ3v) is 2.60. The van der Waals surface area contributed by atoms with Gasteiger partial charge in [-0.2, -0.15) is 0 Å². The van der Waals surface area contributed by atoms with Gasteiger partial charge in [-0.1, -0.05) is 19.9 Å². The lowest BCUT2D eigenvalue weighted by Gasteiger charge is -2.18. The van der Waals surface area contributed by atoms with Gasteiger partial charge in [-0.3, -0.25) is 9.78 Å². The molecule has 0 aliphatic rings. The summed E-state index contributed by atoms with van der Waals surface area (Å²) in [5, 5.41) is 2.69. The highest BCUT2D eigenvalue weighted by molar-refractivity contribution is 5.85. The van der Waals surface area contributed by atoms with Crippen LogP contribution < -0.4 is 5.32 Å². The SMILES string of the molecule is COC(=O)[C@H](CC(C)C)NC(=O)Cc1ccccn1. The minimum absolute atomic E-state index is 0.159. The smallest absolute Gasteiger partial charge is 0.328 e. The van der Waals surface area contributed by atoms with Crippen LogP contribution in [0, 0.1) is 5.92 Å². The number of esters is 1. The first-order chi connectivity index (χ1) is 9.02. The normalized spacial score (nSPS) is 12.0. The number of amides is 1. The van der Waals surface area contributed by atoms with Crippen molar-refractivity contribution in [2.75, 3.05) is 7.11 Å². The molecule has 0 aliphatic heterocycles. The molecule has 5 nitrogen and oxygen atoms in total. The van der Waals surface area contributed by atoms with E-state index in [0.29, 0.717) is 18.0 Å². The van der Waals surface area contributed by atoms with Crippen molar-refractivity contribution in [1.29, 1.82) is 0 Å². The topological polar surface area (TPSA) is 68.3 Å². The van der Waals surface area contributed by atoms with Crippen LogP contribution in [-0.4, -0.2) is 30.0 Å². The first-order valence-electron chi connectivity index (χ1n) is 6.30. The number of methoxy groups -OCH3 is 1. The van der Waals surface area contributed by atoms with Crippen molar-refractivity contribution >= 4 is 11.9 Å². The fourth-order valence-corrected chi connectivity index (χ4v) is 1.74. The Morgan fingerprint density at radius 1 is 1.37 bits per heavy atom. The van der Waals surface area contributed by atoms with Gasteiger partial charge in [0.25, 0.3) is 0 Å².